The number of thioether (sulfide) groups is 1. The zero-order chi connectivity index (χ0) is 16.8. The summed E-state index contributed by atoms with van der Waals surface area (Å²) >= 11 is 1.26. The fourth-order valence-electron chi connectivity index (χ4n) is 2.07. The summed E-state index contributed by atoms with van der Waals surface area (Å²) < 4.78 is 1.58. The van der Waals surface area contributed by atoms with Crippen LogP contribution in [0, 0.1) is 13.8 Å². The maximum Gasteiger partial charge on any atom is 0.343 e. The van der Waals surface area contributed by atoms with Gasteiger partial charge in [0.05, 0.1) is 5.75 Å². The number of hydrogen-bond donors (Lipinski definition) is 2. The van der Waals surface area contributed by atoms with E-state index in [-0.39, 0.29) is 17.3 Å². The Labute approximate surface area is 139 Å². The molecule has 0 aliphatic rings. The molecule has 0 aliphatic heterocycles. The maximum absolute atomic E-state index is 12.1. The van der Waals surface area contributed by atoms with Gasteiger partial charge >= 0.3 is 5.69 Å². The Bertz CT molecular complexity index is 736. The molecule has 0 saturated carbocycles. The average Bonchev–Trinajstić information content (AvgIpc) is 2.87. The summed E-state index contributed by atoms with van der Waals surface area (Å²) in [6.07, 6.45) is 1.90. The van der Waals surface area contributed by atoms with E-state index in [1.165, 1.54) is 17.3 Å². The Hall–Kier alpha value is -2.02. The molecule has 2 rings (SSSR count). The number of nitrogens with one attached hydrogen (secondary N) is 2. The van der Waals surface area contributed by atoms with Crippen molar-refractivity contribution in [2.24, 2.45) is 0 Å². The first kappa shape index (κ1) is 17.3. The summed E-state index contributed by atoms with van der Waals surface area (Å²) in [5, 5.41) is 9.84. The first-order valence-corrected chi connectivity index (χ1v) is 8.65. The van der Waals surface area contributed by atoms with E-state index < -0.39 is 0 Å². The molecule has 0 spiro atoms. The zero-order valence-corrected chi connectivity index (χ0v) is 14.5. The minimum absolute atomic E-state index is 0.115. The van der Waals surface area contributed by atoms with Crippen molar-refractivity contribution in [2.75, 3.05) is 11.1 Å². The van der Waals surface area contributed by atoms with Gasteiger partial charge in [0.1, 0.15) is 0 Å². The van der Waals surface area contributed by atoms with Crippen molar-refractivity contribution < 1.29 is 4.79 Å². The lowest BCUT2D eigenvalue weighted by Gasteiger charge is -2.08. The molecule has 6 nitrogen and oxygen atoms in total. The first-order chi connectivity index (χ1) is 11.0. The Balaban J connectivity index is 1.94. The second-order valence-electron chi connectivity index (χ2n) is 5.45. The third-order valence-electron chi connectivity index (χ3n) is 3.58. The normalized spacial score (nSPS) is 10.7. The lowest BCUT2D eigenvalue weighted by molar-refractivity contribution is -0.113. The fraction of sp³-hybridized carbons (Fsp3) is 0.438. The molecule has 0 radical (unpaired) electrons. The zero-order valence-electron chi connectivity index (χ0n) is 13.7. The minimum atomic E-state index is -0.226. The first-order valence-electron chi connectivity index (χ1n) is 7.66. The summed E-state index contributed by atoms with van der Waals surface area (Å²) in [5.74, 6) is 0.0966. The molecule has 1 amide bonds. The number of benzene rings is 1. The van der Waals surface area contributed by atoms with Crippen molar-refractivity contribution in [1.82, 2.24) is 14.8 Å². The molecule has 7 heteroatoms. The molecule has 0 atom stereocenters. The predicted molar refractivity (Wildman–Crippen MR) is 93.0 cm³/mol. The van der Waals surface area contributed by atoms with E-state index >= 15 is 0 Å². The molecule has 2 aromatic rings. The largest absolute Gasteiger partial charge is 0.343 e. The maximum atomic E-state index is 12.1. The lowest BCUT2D eigenvalue weighted by Crippen LogP contribution is -2.19. The smallest absolute Gasteiger partial charge is 0.325 e. The summed E-state index contributed by atoms with van der Waals surface area (Å²) in [4.78, 5) is 23.7. The van der Waals surface area contributed by atoms with Crippen molar-refractivity contribution in [3.63, 3.8) is 0 Å². The molecular weight excluding hydrogens is 312 g/mol. The van der Waals surface area contributed by atoms with Gasteiger partial charge in [0.15, 0.2) is 5.16 Å². The van der Waals surface area contributed by atoms with Crippen LogP contribution in [0.4, 0.5) is 5.69 Å². The molecule has 0 bridgehead atoms. The van der Waals surface area contributed by atoms with Crippen LogP contribution < -0.4 is 11.0 Å². The number of rotatable bonds is 7. The van der Waals surface area contributed by atoms with Crippen LogP contribution in [0.3, 0.4) is 0 Å². The number of nitrogens with zero attached hydrogens (tertiary/aromatic N) is 2. The molecular formula is C16H22N4O2S. The second-order valence-corrected chi connectivity index (χ2v) is 6.39. The van der Waals surface area contributed by atoms with Gasteiger partial charge in [0, 0.05) is 12.2 Å². The number of aromatic nitrogens is 3. The topological polar surface area (TPSA) is 79.8 Å². The van der Waals surface area contributed by atoms with Crippen LogP contribution in [0.25, 0.3) is 0 Å². The molecule has 0 unspecified atom stereocenters. The molecule has 2 N–H and O–H groups in total. The number of carbonyl (C=O) groups excluding carboxylic acids is 1. The minimum Gasteiger partial charge on any atom is -0.325 e. The molecule has 1 heterocycles. The third-order valence-corrected chi connectivity index (χ3v) is 4.56. The molecule has 0 fully saturated rings. The highest BCUT2D eigenvalue weighted by molar-refractivity contribution is 7.99. The van der Waals surface area contributed by atoms with E-state index in [0.29, 0.717) is 11.7 Å². The van der Waals surface area contributed by atoms with Crippen LogP contribution in [-0.2, 0) is 11.3 Å². The van der Waals surface area contributed by atoms with Crippen LogP contribution in [0.5, 0.6) is 0 Å². The number of amides is 1. The molecule has 0 aliphatic carbocycles. The molecule has 0 saturated heterocycles. The van der Waals surface area contributed by atoms with E-state index in [1.807, 2.05) is 32.0 Å². The van der Waals surface area contributed by atoms with Crippen molar-refractivity contribution in [1.29, 1.82) is 0 Å². The van der Waals surface area contributed by atoms with E-state index in [0.717, 1.165) is 24.1 Å². The lowest BCUT2D eigenvalue weighted by atomic mass is 10.1. The molecule has 124 valence electrons. The monoisotopic (exact) mass is 334 g/mol. The van der Waals surface area contributed by atoms with Crippen molar-refractivity contribution in [3.8, 4) is 0 Å². The van der Waals surface area contributed by atoms with Crippen molar-refractivity contribution >= 4 is 23.4 Å². The van der Waals surface area contributed by atoms with Gasteiger partial charge in [-0.2, -0.15) is 0 Å². The number of aromatic amines is 1. The van der Waals surface area contributed by atoms with Gasteiger partial charge < -0.3 is 5.32 Å². The number of unbranched alkanes of at least 4 members (excludes halogenated alkanes) is 1. The Morgan fingerprint density at radius 1 is 1.35 bits per heavy atom. The van der Waals surface area contributed by atoms with Gasteiger partial charge in [-0.25, -0.2) is 9.89 Å². The number of anilines is 1. The van der Waals surface area contributed by atoms with Crippen LogP contribution in [0.1, 0.15) is 30.9 Å². The highest BCUT2D eigenvalue weighted by Gasteiger charge is 2.11. The van der Waals surface area contributed by atoms with Gasteiger partial charge in [-0.05, 0) is 43.5 Å². The quantitative estimate of drug-likeness (QED) is 0.763. The highest BCUT2D eigenvalue weighted by atomic mass is 32.2. The Morgan fingerprint density at radius 2 is 2.13 bits per heavy atom. The number of hydrogen-bond acceptors (Lipinski definition) is 4. The summed E-state index contributed by atoms with van der Waals surface area (Å²) in [6, 6.07) is 5.81. The highest BCUT2D eigenvalue weighted by Crippen LogP contribution is 2.17. The third kappa shape index (κ3) is 4.72. The number of H-pyrrole nitrogens is 1. The van der Waals surface area contributed by atoms with Crippen LogP contribution in [0.15, 0.2) is 28.2 Å². The molecule has 1 aromatic heterocycles. The standard InChI is InChI=1S/C16H22N4O2S/c1-4-5-8-20-15(22)18-19-16(20)23-10-14(21)17-13-7-6-11(2)12(3)9-13/h6-7,9H,4-5,8,10H2,1-3H3,(H,17,21)(H,18,22). The van der Waals surface area contributed by atoms with E-state index in [1.54, 1.807) is 4.57 Å². The van der Waals surface area contributed by atoms with Gasteiger partial charge in [0.2, 0.25) is 5.91 Å². The van der Waals surface area contributed by atoms with Crippen LogP contribution in [-0.4, -0.2) is 26.4 Å². The van der Waals surface area contributed by atoms with Crippen molar-refractivity contribution in [3.05, 3.63) is 39.8 Å². The van der Waals surface area contributed by atoms with Gasteiger partial charge in [0.25, 0.3) is 0 Å². The van der Waals surface area contributed by atoms with Crippen LogP contribution in [0.2, 0.25) is 0 Å². The van der Waals surface area contributed by atoms with E-state index in [2.05, 4.69) is 22.4 Å². The SMILES string of the molecule is CCCCn1c(SCC(=O)Nc2ccc(C)c(C)c2)n[nH]c1=O. The Kier molecular flexibility index (Phi) is 6.04. The second kappa shape index (κ2) is 8.01. The average molecular weight is 334 g/mol. The fourth-order valence-corrected chi connectivity index (χ4v) is 2.85. The van der Waals surface area contributed by atoms with Gasteiger partial charge in [-0.3, -0.25) is 9.36 Å². The number of carbonyl (C=O) groups is 1. The van der Waals surface area contributed by atoms with Gasteiger partial charge in [-0.1, -0.05) is 31.2 Å². The van der Waals surface area contributed by atoms with E-state index in [9.17, 15) is 9.59 Å². The molecule has 1 aromatic carbocycles. The predicted octanol–water partition coefficient (Wildman–Crippen LogP) is 2.72. The van der Waals surface area contributed by atoms with Crippen molar-refractivity contribution in [2.45, 2.75) is 45.3 Å². The number of aryl methyl sites for hydroxylation is 2. The summed E-state index contributed by atoms with van der Waals surface area (Å²) in [7, 11) is 0. The molecule has 23 heavy (non-hydrogen) atoms. The summed E-state index contributed by atoms with van der Waals surface area (Å²) in [6.45, 7) is 6.72. The van der Waals surface area contributed by atoms with E-state index in [4.69, 9.17) is 0 Å². The summed E-state index contributed by atoms with van der Waals surface area (Å²) in [5.41, 5.74) is 2.88. The van der Waals surface area contributed by atoms with Gasteiger partial charge in [-0.15, -0.1) is 5.10 Å². The Morgan fingerprint density at radius 3 is 2.83 bits per heavy atom. The van der Waals surface area contributed by atoms with Crippen LogP contribution >= 0.6 is 11.8 Å².